The second-order valence-corrected chi connectivity index (χ2v) is 5.73. The Morgan fingerprint density at radius 3 is 2.65 bits per heavy atom. The van der Waals surface area contributed by atoms with Crippen molar-refractivity contribution in [2.24, 2.45) is 0 Å². The molecule has 0 aliphatic rings. The number of pyridine rings is 1. The number of nitrogens with zero attached hydrogens (tertiary/aromatic N) is 2. The molecule has 1 amide bonds. The van der Waals surface area contributed by atoms with Gasteiger partial charge in [-0.05, 0) is 30.3 Å². The van der Waals surface area contributed by atoms with Gasteiger partial charge in [0.05, 0.1) is 11.2 Å². The van der Waals surface area contributed by atoms with E-state index in [0.29, 0.717) is 17.1 Å². The summed E-state index contributed by atoms with van der Waals surface area (Å²) in [6.07, 6.45) is 0. The largest absolute Gasteiger partial charge is 0.321 e. The number of rotatable bonds is 3. The quantitative estimate of drug-likeness (QED) is 0.598. The maximum atomic E-state index is 12.5. The number of carbonyl (C=O) groups excluding carboxylic acids is 1. The van der Waals surface area contributed by atoms with E-state index in [2.05, 4.69) is 20.5 Å². The highest BCUT2D eigenvalue weighted by Crippen LogP contribution is 2.20. The van der Waals surface area contributed by atoms with Gasteiger partial charge in [0, 0.05) is 22.7 Å². The number of nitrogens with one attached hydrogen (secondary N) is 2. The van der Waals surface area contributed by atoms with Gasteiger partial charge in [0.2, 0.25) is 0 Å². The minimum Gasteiger partial charge on any atom is -0.321 e. The first kappa shape index (κ1) is 15.7. The molecule has 6 heteroatoms. The fourth-order valence-electron chi connectivity index (χ4n) is 2.65. The van der Waals surface area contributed by atoms with Crippen molar-refractivity contribution in [2.45, 2.75) is 0 Å². The number of aromatic nitrogens is 3. The van der Waals surface area contributed by atoms with Crippen molar-refractivity contribution in [3.05, 3.63) is 88.8 Å². The summed E-state index contributed by atoms with van der Waals surface area (Å²) in [6.45, 7) is 0. The molecular formula is C20H14N4O2. The zero-order chi connectivity index (χ0) is 17.9. The lowest BCUT2D eigenvalue weighted by atomic mass is 10.1. The second kappa shape index (κ2) is 6.60. The fraction of sp³-hybridized carbons (Fsp3) is 0. The predicted octanol–water partition coefficient (Wildman–Crippen LogP) is 3.24. The van der Waals surface area contributed by atoms with Crippen LogP contribution in [0.4, 0.5) is 5.69 Å². The Kier molecular flexibility index (Phi) is 3.99. The Hall–Kier alpha value is -3.80. The van der Waals surface area contributed by atoms with Crippen LogP contribution in [0.2, 0.25) is 0 Å². The van der Waals surface area contributed by atoms with Crippen LogP contribution in [-0.4, -0.2) is 21.1 Å². The molecule has 0 bridgehead atoms. The van der Waals surface area contributed by atoms with Gasteiger partial charge in [0.15, 0.2) is 0 Å². The highest BCUT2D eigenvalue weighted by atomic mass is 16.2. The monoisotopic (exact) mass is 342 g/mol. The van der Waals surface area contributed by atoms with E-state index < -0.39 is 0 Å². The molecule has 6 nitrogen and oxygen atoms in total. The standard InChI is InChI=1S/C20H14N4O2/c25-19-11-10-17(23-24-19)14-5-3-6-15(12-14)21-20(26)18-9-8-13-4-1-2-7-16(13)22-18/h1-12H,(H,21,26)(H,24,25). The Labute approximate surface area is 148 Å². The molecule has 0 aliphatic heterocycles. The third kappa shape index (κ3) is 3.21. The summed E-state index contributed by atoms with van der Waals surface area (Å²) in [5.74, 6) is -0.290. The Morgan fingerprint density at radius 1 is 0.923 bits per heavy atom. The molecule has 2 aromatic carbocycles. The number of benzene rings is 2. The van der Waals surface area contributed by atoms with Gasteiger partial charge in [0.25, 0.3) is 11.5 Å². The van der Waals surface area contributed by atoms with Crippen LogP contribution in [0.3, 0.4) is 0 Å². The minimum atomic E-state index is -0.290. The molecule has 0 atom stereocenters. The molecule has 126 valence electrons. The zero-order valence-corrected chi connectivity index (χ0v) is 13.6. The number of H-pyrrole nitrogens is 1. The van der Waals surface area contributed by atoms with Crippen LogP contribution in [0.25, 0.3) is 22.2 Å². The zero-order valence-electron chi connectivity index (χ0n) is 13.6. The first-order valence-corrected chi connectivity index (χ1v) is 8.02. The molecule has 2 N–H and O–H groups in total. The van der Waals surface area contributed by atoms with Crippen LogP contribution in [0.1, 0.15) is 10.5 Å². The van der Waals surface area contributed by atoms with Gasteiger partial charge in [-0.2, -0.15) is 5.10 Å². The summed E-state index contributed by atoms with van der Waals surface area (Å²) in [6, 6.07) is 21.5. The number of carbonyl (C=O) groups is 1. The van der Waals surface area contributed by atoms with Crippen molar-refractivity contribution in [2.75, 3.05) is 5.32 Å². The van der Waals surface area contributed by atoms with Gasteiger partial charge in [-0.15, -0.1) is 0 Å². The maximum Gasteiger partial charge on any atom is 0.274 e. The van der Waals surface area contributed by atoms with Gasteiger partial charge in [-0.25, -0.2) is 10.1 Å². The molecule has 0 saturated carbocycles. The van der Waals surface area contributed by atoms with E-state index >= 15 is 0 Å². The molecule has 2 aromatic heterocycles. The van der Waals surface area contributed by atoms with Gasteiger partial charge >= 0.3 is 0 Å². The van der Waals surface area contributed by atoms with Crippen LogP contribution < -0.4 is 10.9 Å². The average Bonchev–Trinajstić information content (AvgIpc) is 2.68. The Bertz CT molecular complexity index is 1150. The van der Waals surface area contributed by atoms with Crippen LogP contribution in [-0.2, 0) is 0 Å². The first-order chi connectivity index (χ1) is 12.7. The molecule has 0 spiro atoms. The molecular weight excluding hydrogens is 328 g/mol. The summed E-state index contributed by atoms with van der Waals surface area (Å²) < 4.78 is 0. The third-order valence-electron chi connectivity index (χ3n) is 3.93. The van der Waals surface area contributed by atoms with Gasteiger partial charge in [-0.1, -0.05) is 36.4 Å². The van der Waals surface area contributed by atoms with Crippen molar-refractivity contribution in [3.63, 3.8) is 0 Å². The summed E-state index contributed by atoms with van der Waals surface area (Å²) in [5.41, 5.74) is 2.87. The molecule has 4 rings (SSSR count). The van der Waals surface area contributed by atoms with Crippen LogP contribution in [0.15, 0.2) is 77.6 Å². The summed E-state index contributed by atoms with van der Waals surface area (Å²) in [5, 5.41) is 10.2. The average molecular weight is 342 g/mol. The van der Waals surface area contributed by atoms with E-state index in [1.807, 2.05) is 42.5 Å². The van der Waals surface area contributed by atoms with Crippen molar-refractivity contribution >= 4 is 22.5 Å². The highest BCUT2D eigenvalue weighted by molar-refractivity contribution is 6.04. The van der Waals surface area contributed by atoms with Crippen LogP contribution in [0.5, 0.6) is 0 Å². The summed E-state index contributed by atoms with van der Waals surface area (Å²) in [4.78, 5) is 28.0. The highest BCUT2D eigenvalue weighted by Gasteiger charge is 2.09. The fourth-order valence-corrected chi connectivity index (χ4v) is 2.65. The van der Waals surface area contributed by atoms with Gasteiger partial charge in [-0.3, -0.25) is 9.59 Å². The van der Waals surface area contributed by atoms with E-state index in [1.54, 1.807) is 24.3 Å². The lowest BCUT2D eigenvalue weighted by molar-refractivity contribution is 0.102. The first-order valence-electron chi connectivity index (χ1n) is 8.02. The van der Waals surface area contributed by atoms with Gasteiger partial charge in [0.1, 0.15) is 5.69 Å². The van der Waals surface area contributed by atoms with Crippen molar-refractivity contribution in [1.29, 1.82) is 0 Å². The van der Waals surface area contributed by atoms with E-state index in [-0.39, 0.29) is 11.5 Å². The van der Waals surface area contributed by atoms with E-state index in [0.717, 1.165) is 16.5 Å². The van der Waals surface area contributed by atoms with Gasteiger partial charge < -0.3 is 5.32 Å². The number of amides is 1. The van der Waals surface area contributed by atoms with E-state index in [9.17, 15) is 9.59 Å². The van der Waals surface area contributed by atoms with E-state index in [1.165, 1.54) is 6.07 Å². The normalized spacial score (nSPS) is 10.6. The molecule has 2 heterocycles. The van der Waals surface area contributed by atoms with Crippen LogP contribution in [0, 0.1) is 0 Å². The van der Waals surface area contributed by atoms with E-state index in [4.69, 9.17) is 0 Å². The second-order valence-electron chi connectivity index (χ2n) is 5.73. The number of aromatic amines is 1. The topological polar surface area (TPSA) is 87.7 Å². The summed E-state index contributed by atoms with van der Waals surface area (Å²) >= 11 is 0. The molecule has 4 aromatic rings. The maximum absolute atomic E-state index is 12.5. The number of para-hydroxylation sites is 1. The molecule has 0 unspecified atom stereocenters. The summed E-state index contributed by atoms with van der Waals surface area (Å²) in [7, 11) is 0. The molecule has 26 heavy (non-hydrogen) atoms. The minimum absolute atomic E-state index is 0.263. The van der Waals surface area contributed by atoms with Crippen molar-refractivity contribution in [1.82, 2.24) is 15.2 Å². The lowest BCUT2D eigenvalue weighted by Gasteiger charge is -2.07. The molecule has 0 fully saturated rings. The van der Waals surface area contributed by atoms with Crippen molar-refractivity contribution in [3.8, 4) is 11.3 Å². The number of hydrogen-bond donors (Lipinski definition) is 2. The molecule has 0 aliphatic carbocycles. The Balaban J connectivity index is 1.60. The predicted molar refractivity (Wildman–Crippen MR) is 100.0 cm³/mol. The Morgan fingerprint density at radius 2 is 1.81 bits per heavy atom. The third-order valence-corrected chi connectivity index (χ3v) is 3.93. The molecule has 0 radical (unpaired) electrons. The van der Waals surface area contributed by atoms with Crippen LogP contribution >= 0.6 is 0 Å². The number of fused-ring (bicyclic) bond motifs is 1. The van der Waals surface area contributed by atoms with Crippen molar-refractivity contribution < 1.29 is 4.79 Å². The number of hydrogen-bond acceptors (Lipinski definition) is 4. The SMILES string of the molecule is O=C(Nc1cccc(-c2ccc(=O)[nH]n2)c1)c1ccc2ccccc2n1. The number of anilines is 1. The smallest absolute Gasteiger partial charge is 0.274 e. The molecule has 0 saturated heterocycles. The lowest BCUT2D eigenvalue weighted by Crippen LogP contribution is -2.13.